The number of thioether (sulfide) groups is 1. The molecule has 0 saturated heterocycles. The van der Waals surface area contributed by atoms with Crippen LogP contribution in [0, 0.1) is 6.92 Å². The molecule has 0 radical (unpaired) electrons. The average molecular weight is 536 g/mol. The van der Waals surface area contributed by atoms with Crippen molar-refractivity contribution < 1.29 is 19.1 Å². The highest BCUT2D eigenvalue weighted by Gasteiger charge is 2.27. The Balaban J connectivity index is 1.76. The van der Waals surface area contributed by atoms with Crippen LogP contribution < -0.4 is 5.32 Å². The van der Waals surface area contributed by atoms with Gasteiger partial charge in [0.2, 0.25) is 5.91 Å². The molecule has 1 N–H and O–H groups in total. The summed E-state index contributed by atoms with van der Waals surface area (Å²) < 4.78 is 6.86. The largest absolute Gasteiger partial charge is 0.465 e. The van der Waals surface area contributed by atoms with Crippen molar-refractivity contribution >= 4 is 57.2 Å². The predicted molar refractivity (Wildman–Crippen MR) is 141 cm³/mol. The lowest BCUT2D eigenvalue weighted by atomic mass is 10.1. The van der Waals surface area contributed by atoms with Gasteiger partial charge in [0.05, 0.1) is 23.3 Å². The van der Waals surface area contributed by atoms with Crippen molar-refractivity contribution in [2.24, 2.45) is 0 Å². The van der Waals surface area contributed by atoms with Crippen LogP contribution in [0.15, 0.2) is 16.6 Å². The number of carbonyl (C=O) groups is 3. The number of ether oxygens (including phenoxy) is 1. The second kappa shape index (κ2) is 11.8. The fourth-order valence-corrected chi connectivity index (χ4v) is 6.42. The number of aromatic nitrogens is 3. The number of aryl methyl sites for hydroxylation is 1. The SMILES string of the molecule is CCCc1cc(-c2nnc(SCC(=O)Nc3sc(C(=O)N(C)C)c(C)c3C(=O)OC)n2CC)cs1. The third-order valence-corrected chi connectivity index (χ3v) is 8.32. The van der Waals surface area contributed by atoms with E-state index in [0.717, 1.165) is 35.6 Å². The Hall–Kier alpha value is -2.70. The summed E-state index contributed by atoms with van der Waals surface area (Å²) in [4.78, 5) is 40.8. The quantitative estimate of drug-likeness (QED) is 0.299. The topological polar surface area (TPSA) is 106 Å². The van der Waals surface area contributed by atoms with Gasteiger partial charge in [-0.1, -0.05) is 25.1 Å². The molecule has 3 aromatic rings. The zero-order chi connectivity index (χ0) is 25.7. The molecule has 0 aromatic carbocycles. The zero-order valence-corrected chi connectivity index (χ0v) is 23.1. The number of anilines is 1. The molecule has 0 aliphatic carbocycles. The Labute approximate surface area is 216 Å². The average Bonchev–Trinajstić information content (AvgIpc) is 3.53. The summed E-state index contributed by atoms with van der Waals surface area (Å²) in [5.41, 5.74) is 1.71. The fraction of sp³-hybridized carbons (Fsp3) is 0.435. The lowest BCUT2D eigenvalue weighted by molar-refractivity contribution is -0.113. The number of carbonyl (C=O) groups excluding carboxylic acids is 3. The van der Waals surface area contributed by atoms with Crippen LogP contribution in [0.1, 0.15) is 50.7 Å². The molecule has 0 aliphatic heterocycles. The van der Waals surface area contributed by atoms with Crippen molar-refractivity contribution in [3.63, 3.8) is 0 Å². The zero-order valence-electron chi connectivity index (χ0n) is 20.6. The highest BCUT2D eigenvalue weighted by molar-refractivity contribution is 7.99. The first-order chi connectivity index (χ1) is 16.7. The normalized spacial score (nSPS) is 10.9. The molecule has 3 rings (SSSR count). The van der Waals surface area contributed by atoms with E-state index in [1.165, 1.54) is 28.6 Å². The van der Waals surface area contributed by atoms with E-state index < -0.39 is 5.97 Å². The first-order valence-electron chi connectivity index (χ1n) is 11.1. The van der Waals surface area contributed by atoms with Crippen molar-refractivity contribution in [1.82, 2.24) is 19.7 Å². The van der Waals surface area contributed by atoms with Gasteiger partial charge in [0, 0.05) is 36.5 Å². The molecule has 35 heavy (non-hydrogen) atoms. The van der Waals surface area contributed by atoms with Gasteiger partial charge in [-0.05, 0) is 31.9 Å². The number of thiophene rings is 2. The molecule has 0 unspecified atom stereocenters. The summed E-state index contributed by atoms with van der Waals surface area (Å²) in [6.45, 7) is 6.50. The van der Waals surface area contributed by atoms with Crippen molar-refractivity contribution in [2.75, 3.05) is 32.3 Å². The molecule has 188 valence electrons. The Morgan fingerprint density at radius 2 is 1.97 bits per heavy atom. The minimum atomic E-state index is -0.604. The Bertz CT molecular complexity index is 1230. The van der Waals surface area contributed by atoms with Crippen LogP contribution in [0.25, 0.3) is 11.4 Å². The number of methoxy groups -OCH3 is 1. The maximum atomic E-state index is 12.8. The maximum Gasteiger partial charge on any atom is 0.341 e. The van der Waals surface area contributed by atoms with Crippen LogP contribution in [0.2, 0.25) is 0 Å². The molecule has 0 saturated carbocycles. The van der Waals surface area contributed by atoms with Gasteiger partial charge >= 0.3 is 5.97 Å². The molecule has 12 heteroatoms. The summed E-state index contributed by atoms with van der Waals surface area (Å²) in [6, 6.07) is 2.14. The standard InChI is InChI=1S/C23H29N5O4S3/c1-7-9-15-10-14(11-33-15)19-25-26-23(28(19)8-2)34-12-16(29)24-20-17(22(31)32-6)13(3)18(35-20)21(30)27(4)5/h10-11H,7-9,12H2,1-6H3,(H,24,29). The highest BCUT2D eigenvalue weighted by Crippen LogP contribution is 2.35. The number of rotatable bonds is 10. The van der Waals surface area contributed by atoms with E-state index in [2.05, 4.69) is 33.9 Å². The maximum absolute atomic E-state index is 12.8. The second-order valence-corrected chi connectivity index (χ2v) is 10.8. The van der Waals surface area contributed by atoms with Crippen LogP contribution in [0.5, 0.6) is 0 Å². The third-order valence-electron chi connectivity index (χ3n) is 5.16. The van der Waals surface area contributed by atoms with Crippen LogP contribution in [0.4, 0.5) is 5.00 Å². The van der Waals surface area contributed by atoms with Gasteiger partial charge in [-0.3, -0.25) is 9.59 Å². The monoisotopic (exact) mass is 535 g/mol. The van der Waals surface area contributed by atoms with Crippen LogP contribution in [-0.4, -0.2) is 64.4 Å². The molecule has 3 heterocycles. The summed E-state index contributed by atoms with van der Waals surface area (Å²) in [7, 11) is 4.53. The molecule has 0 atom stereocenters. The summed E-state index contributed by atoms with van der Waals surface area (Å²) in [5, 5.41) is 14.5. The molecular weight excluding hydrogens is 506 g/mol. The van der Waals surface area contributed by atoms with E-state index in [-0.39, 0.29) is 23.1 Å². The van der Waals surface area contributed by atoms with Gasteiger partial charge in [0.15, 0.2) is 11.0 Å². The smallest absolute Gasteiger partial charge is 0.341 e. The second-order valence-electron chi connectivity index (χ2n) is 7.89. The van der Waals surface area contributed by atoms with Gasteiger partial charge in [0.25, 0.3) is 5.91 Å². The highest BCUT2D eigenvalue weighted by atomic mass is 32.2. The number of hydrogen-bond donors (Lipinski definition) is 1. The Morgan fingerprint density at radius 1 is 1.23 bits per heavy atom. The molecule has 3 aromatic heterocycles. The van der Waals surface area contributed by atoms with Crippen molar-refractivity contribution in [3.8, 4) is 11.4 Å². The summed E-state index contributed by atoms with van der Waals surface area (Å²) in [5.74, 6) is -0.321. The van der Waals surface area contributed by atoms with Crippen LogP contribution in [0.3, 0.4) is 0 Å². The number of hydrogen-bond acceptors (Lipinski definition) is 9. The number of amides is 2. The van der Waals surface area contributed by atoms with E-state index in [1.807, 2.05) is 11.5 Å². The van der Waals surface area contributed by atoms with Crippen molar-refractivity contribution in [1.29, 1.82) is 0 Å². The first-order valence-corrected chi connectivity index (χ1v) is 13.8. The van der Waals surface area contributed by atoms with E-state index in [9.17, 15) is 14.4 Å². The van der Waals surface area contributed by atoms with Gasteiger partial charge in [-0.25, -0.2) is 4.79 Å². The van der Waals surface area contributed by atoms with Crippen LogP contribution >= 0.6 is 34.4 Å². The molecule has 2 amide bonds. The lowest BCUT2D eigenvalue weighted by Gasteiger charge is -2.08. The van der Waals surface area contributed by atoms with Crippen LogP contribution in [-0.2, 0) is 22.5 Å². The summed E-state index contributed by atoms with van der Waals surface area (Å²) in [6.07, 6.45) is 2.12. The Kier molecular flexibility index (Phi) is 9.09. The van der Waals surface area contributed by atoms with Crippen molar-refractivity contribution in [2.45, 2.75) is 45.3 Å². The minimum absolute atomic E-state index is 0.0668. The Morgan fingerprint density at radius 3 is 2.60 bits per heavy atom. The van der Waals surface area contributed by atoms with E-state index >= 15 is 0 Å². The van der Waals surface area contributed by atoms with E-state index in [1.54, 1.807) is 32.4 Å². The van der Waals surface area contributed by atoms with Gasteiger partial charge in [-0.15, -0.1) is 32.9 Å². The first kappa shape index (κ1) is 26.9. The van der Waals surface area contributed by atoms with E-state index in [4.69, 9.17) is 4.74 Å². The van der Waals surface area contributed by atoms with E-state index in [0.29, 0.717) is 27.1 Å². The summed E-state index contributed by atoms with van der Waals surface area (Å²) >= 11 is 4.05. The number of nitrogens with one attached hydrogen (secondary N) is 1. The number of esters is 1. The minimum Gasteiger partial charge on any atom is -0.465 e. The predicted octanol–water partition coefficient (Wildman–Crippen LogP) is 4.57. The lowest BCUT2D eigenvalue weighted by Crippen LogP contribution is -2.21. The van der Waals surface area contributed by atoms with Gasteiger partial charge < -0.3 is 19.5 Å². The molecule has 0 bridgehead atoms. The fourth-order valence-electron chi connectivity index (χ4n) is 3.42. The molecular formula is C23H29N5O4S3. The molecule has 0 aliphatic rings. The molecule has 0 fully saturated rings. The third kappa shape index (κ3) is 5.93. The van der Waals surface area contributed by atoms with Gasteiger partial charge in [0.1, 0.15) is 5.00 Å². The van der Waals surface area contributed by atoms with Gasteiger partial charge in [-0.2, -0.15) is 0 Å². The molecule has 9 nitrogen and oxygen atoms in total. The van der Waals surface area contributed by atoms with Crippen molar-refractivity contribution in [3.05, 3.63) is 32.3 Å². The number of nitrogens with zero attached hydrogens (tertiary/aromatic N) is 4. The molecule has 0 spiro atoms.